The quantitative estimate of drug-likeness (QED) is 0.457. The Morgan fingerprint density at radius 2 is 1.85 bits per heavy atom. The molecule has 0 aliphatic heterocycles. The normalized spacial score (nSPS) is 15.4. The lowest BCUT2D eigenvalue weighted by molar-refractivity contribution is 0.101. The molecule has 4 rings (SSSR count). The highest BCUT2D eigenvalue weighted by atomic mass is 35.5. The van der Waals surface area contributed by atoms with Crippen molar-refractivity contribution >= 4 is 34.4 Å². The lowest BCUT2D eigenvalue weighted by Crippen LogP contribution is -2.15. The number of Topliss-reactive ketones (excluding diaryl/α,β-unsaturated/α-hetero) is 1. The van der Waals surface area contributed by atoms with E-state index in [9.17, 15) is 4.79 Å². The summed E-state index contributed by atoms with van der Waals surface area (Å²) in [4.78, 5) is 12.9. The molecule has 0 unspecified atom stereocenters. The molecule has 0 atom stereocenters. The molecule has 1 heterocycles. The number of rotatable bonds is 4. The molecule has 134 valence electrons. The maximum absolute atomic E-state index is 12.1. The van der Waals surface area contributed by atoms with Crippen LogP contribution in [-0.2, 0) is 6.54 Å². The fraction of sp³-hybridized carbons (Fsp3) is 0.0952. The second-order valence-electron chi connectivity index (χ2n) is 6.10. The number of thiazole rings is 1. The molecule has 27 heavy (non-hydrogen) atoms. The van der Waals surface area contributed by atoms with Crippen molar-refractivity contribution in [3.05, 3.63) is 87.5 Å². The number of aromatic nitrogens is 1. The summed E-state index contributed by atoms with van der Waals surface area (Å²) in [6.45, 7) is 4.46. The molecule has 0 bridgehead atoms. The molecule has 0 N–H and O–H groups in total. The smallest absolute Gasteiger partial charge is 0.211 e. The highest BCUT2D eigenvalue weighted by Crippen LogP contribution is 2.24. The van der Waals surface area contributed by atoms with Crippen LogP contribution in [0.4, 0.5) is 0 Å². The van der Waals surface area contributed by atoms with Crippen LogP contribution in [0.1, 0.15) is 22.3 Å². The van der Waals surface area contributed by atoms with E-state index in [2.05, 4.69) is 16.8 Å². The van der Waals surface area contributed by atoms with Gasteiger partial charge in [-0.1, -0.05) is 54.1 Å². The van der Waals surface area contributed by atoms with Crippen LogP contribution in [-0.4, -0.2) is 16.1 Å². The zero-order chi connectivity index (χ0) is 18.8. The van der Waals surface area contributed by atoms with Gasteiger partial charge < -0.3 is 4.57 Å². The molecule has 2 aromatic carbocycles. The zero-order valence-corrected chi connectivity index (χ0v) is 16.0. The third-order valence-corrected chi connectivity index (χ3v) is 5.48. The van der Waals surface area contributed by atoms with E-state index in [1.54, 1.807) is 0 Å². The first-order valence-corrected chi connectivity index (χ1v) is 9.71. The van der Waals surface area contributed by atoms with E-state index in [1.165, 1.54) is 11.3 Å². The molecule has 1 aliphatic carbocycles. The number of fused-ring (bicyclic) bond motifs is 1. The Balaban J connectivity index is 1.77. The molecule has 1 aliphatic rings. The van der Waals surface area contributed by atoms with Crippen LogP contribution in [0.5, 0.6) is 0 Å². The standard InChI is InChI=1S/C21H16ClN3OS/c1-2-11-25-19(14-7-9-15(22)10-8-14)13-27-21(25)24-23-18-12-20(26)17-6-4-3-5-16(17)18/h2-10,13H,1,11-12H2/b23-18-,24-21-. The number of hydrogen-bond donors (Lipinski definition) is 0. The van der Waals surface area contributed by atoms with Gasteiger partial charge in [-0.2, -0.15) is 5.10 Å². The van der Waals surface area contributed by atoms with Crippen molar-refractivity contribution < 1.29 is 4.79 Å². The van der Waals surface area contributed by atoms with Gasteiger partial charge in [0.05, 0.1) is 17.8 Å². The van der Waals surface area contributed by atoms with Gasteiger partial charge >= 0.3 is 0 Å². The minimum Gasteiger partial charge on any atom is -0.311 e. The number of allylic oxidation sites excluding steroid dienone is 1. The fourth-order valence-corrected chi connectivity index (χ4v) is 4.07. The molecule has 6 heteroatoms. The second-order valence-corrected chi connectivity index (χ2v) is 7.37. The number of nitrogens with zero attached hydrogens (tertiary/aromatic N) is 3. The van der Waals surface area contributed by atoms with E-state index in [0.29, 0.717) is 23.7 Å². The van der Waals surface area contributed by atoms with Crippen LogP contribution in [0.2, 0.25) is 5.02 Å². The average Bonchev–Trinajstić information content (AvgIpc) is 3.23. The predicted molar refractivity (Wildman–Crippen MR) is 110 cm³/mol. The third kappa shape index (κ3) is 3.44. The molecular weight excluding hydrogens is 378 g/mol. The second kappa shape index (κ2) is 7.47. The van der Waals surface area contributed by atoms with Crippen LogP contribution in [0, 0.1) is 0 Å². The maximum atomic E-state index is 12.1. The van der Waals surface area contributed by atoms with Crippen LogP contribution in [0.25, 0.3) is 11.3 Å². The Labute approximate surface area is 165 Å². The Morgan fingerprint density at radius 1 is 1.11 bits per heavy atom. The Kier molecular flexibility index (Phi) is 4.88. The van der Waals surface area contributed by atoms with Crippen molar-refractivity contribution in [2.45, 2.75) is 13.0 Å². The van der Waals surface area contributed by atoms with Gasteiger partial charge in [0.25, 0.3) is 0 Å². The lowest BCUT2D eigenvalue weighted by Gasteiger charge is -2.06. The van der Waals surface area contributed by atoms with Gasteiger partial charge in [0.1, 0.15) is 0 Å². The number of benzene rings is 2. The van der Waals surface area contributed by atoms with Gasteiger partial charge in [0.15, 0.2) is 5.78 Å². The zero-order valence-electron chi connectivity index (χ0n) is 14.4. The SMILES string of the molecule is C=CCn1c(-c2ccc(Cl)cc2)cs/c1=N\N=C1\CC(=O)c2ccccc21. The predicted octanol–water partition coefficient (Wildman–Crippen LogP) is 4.95. The Morgan fingerprint density at radius 3 is 2.59 bits per heavy atom. The average molecular weight is 394 g/mol. The van der Waals surface area contributed by atoms with E-state index in [4.69, 9.17) is 11.6 Å². The Bertz CT molecular complexity index is 1120. The number of ketones is 1. The molecular formula is C21H16ClN3OS. The van der Waals surface area contributed by atoms with Crippen molar-refractivity contribution in [3.8, 4) is 11.3 Å². The summed E-state index contributed by atoms with van der Waals surface area (Å²) in [6.07, 6.45) is 2.12. The maximum Gasteiger partial charge on any atom is 0.211 e. The van der Waals surface area contributed by atoms with Crippen molar-refractivity contribution in [1.82, 2.24) is 4.57 Å². The minimum atomic E-state index is 0.0894. The minimum absolute atomic E-state index is 0.0894. The van der Waals surface area contributed by atoms with E-state index in [1.807, 2.05) is 64.6 Å². The fourth-order valence-electron chi connectivity index (χ4n) is 3.08. The van der Waals surface area contributed by atoms with Gasteiger partial charge in [-0.3, -0.25) is 4.79 Å². The van der Waals surface area contributed by atoms with Crippen LogP contribution >= 0.6 is 22.9 Å². The summed E-state index contributed by atoms with van der Waals surface area (Å²) in [5.74, 6) is 0.0894. The number of halogens is 1. The van der Waals surface area contributed by atoms with E-state index in [-0.39, 0.29) is 5.78 Å². The van der Waals surface area contributed by atoms with Gasteiger partial charge in [-0.15, -0.1) is 23.0 Å². The summed E-state index contributed by atoms with van der Waals surface area (Å²) < 4.78 is 2.05. The highest BCUT2D eigenvalue weighted by Gasteiger charge is 2.24. The first-order valence-electron chi connectivity index (χ1n) is 8.45. The summed E-state index contributed by atoms with van der Waals surface area (Å²) in [6, 6.07) is 15.2. The molecule has 3 aromatic rings. The highest BCUT2D eigenvalue weighted by molar-refractivity contribution is 7.07. The summed E-state index contributed by atoms with van der Waals surface area (Å²) in [5.41, 5.74) is 4.38. The molecule has 0 spiro atoms. The van der Waals surface area contributed by atoms with Gasteiger partial charge in [-0.05, 0) is 17.7 Å². The molecule has 0 fully saturated rings. The van der Waals surface area contributed by atoms with Crippen LogP contribution in [0.15, 0.2) is 76.8 Å². The number of carbonyl (C=O) groups is 1. The first-order chi connectivity index (χ1) is 13.2. The van der Waals surface area contributed by atoms with E-state index in [0.717, 1.165) is 27.2 Å². The van der Waals surface area contributed by atoms with Crippen molar-refractivity contribution in [1.29, 1.82) is 0 Å². The monoisotopic (exact) mass is 393 g/mol. The summed E-state index contributed by atoms with van der Waals surface area (Å²) >= 11 is 7.50. The van der Waals surface area contributed by atoms with Crippen LogP contribution in [0.3, 0.4) is 0 Å². The third-order valence-electron chi connectivity index (χ3n) is 4.37. The lowest BCUT2D eigenvalue weighted by atomic mass is 10.1. The van der Waals surface area contributed by atoms with Gasteiger partial charge in [-0.25, -0.2) is 0 Å². The molecule has 0 saturated heterocycles. The summed E-state index contributed by atoms with van der Waals surface area (Å²) in [7, 11) is 0. The van der Waals surface area contributed by atoms with E-state index < -0.39 is 0 Å². The molecule has 0 amide bonds. The van der Waals surface area contributed by atoms with Crippen LogP contribution < -0.4 is 4.80 Å². The van der Waals surface area contributed by atoms with Crippen molar-refractivity contribution in [2.75, 3.05) is 0 Å². The molecule has 1 aromatic heterocycles. The molecule has 0 saturated carbocycles. The Hall–Kier alpha value is -2.76. The number of carbonyl (C=O) groups excluding carboxylic acids is 1. The number of hydrogen-bond acceptors (Lipinski definition) is 4. The van der Waals surface area contributed by atoms with Crippen molar-refractivity contribution in [3.63, 3.8) is 0 Å². The summed E-state index contributed by atoms with van der Waals surface area (Å²) in [5, 5.41) is 11.6. The van der Waals surface area contributed by atoms with Crippen molar-refractivity contribution in [2.24, 2.45) is 10.2 Å². The van der Waals surface area contributed by atoms with Gasteiger partial charge in [0.2, 0.25) is 4.80 Å². The van der Waals surface area contributed by atoms with Gasteiger partial charge in [0, 0.05) is 28.1 Å². The van der Waals surface area contributed by atoms with E-state index >= 15 is 0 Å². The first kappa shape index (κ1) is 17.6. The topological polar surface area (TPSA) is 46.7 Å². The molecule has 0 radical (unpaired) electrons. The largest absolute Gasteiger partial charge is 0.311 e. The molecule has 4 nitrogen and oxygen atoms in total.